The Bertz CT molecular complexity index is 954. The van der Waals surface area contributed by atoms with Gasteiger partial charge in [-0.25, -0.2) is 0 Å². The maximum atomic E-state index is 12.6. The van der Waals surface area contributed by atoms with E-state index >= 15 is 0 Å². The van der Waals surface area contributed by atoms with Crippen LogP contribution < -0.4 is 16.4 Å². The number of aryl methyl sites for hydroxylation is 1. The number of aromatic nitrogens is 2. The molecule has 8 nitrogen and oxygen atoms in total. The second kappa shape index (κ2) is 7.66. The van der Waals surface area contributed by atoms with E-state index in [9.17, 15) is 14.4 Å². The van der Waals surface area contributed by atoms with Crippen LogP contribution in [0.2, 0.25) is 0 Å². The van der Waals surface area contributed by atoms with Gasteiger partial charge in [-0.1, -0.05) is 0 Å². The van der Waals surface area contributed by atoms with Crippen LogP contribution in [-0.2, 0) is 11.3 Å². The molecular weight excluding hydrogens is 348 g/mol. The van der Waals surface area contributed by atoms with Crippen molar-refractivity contribution in [1.29, 1.82) is 0 Å². The molecule has 2 heterocycles. The number of nitrogens with one attached hydrogen (secondary N) is 2. The van der Waals surface area contributed by atoms with Gasteiger partial charge in [-0.15, -0.1) is 0 Å². The topological polar surface area (TPSA) is 96.4 Å². The van der Waals surface area contributed by atoms with Crippen LogP contribution in [0.1, 0.15) is 31.1 Å². The number of rotatable bonds is 5. The number of amides is 1. The molecule has 0 bridgehead atoms. The molecule has 1 amide bonds. The summed E-state index contributed by atoms with van der Waals surface area (Å²) in [4.78, 5) is 41.2. The number of benzene rings is 1. The van der Waals surface area contributed by atoms with E-state index in [1.807, 2.05) is 0 Å². The number of morpholine rings is 1. The van der Waals surface area contributed by atoms with E-state index in [2.05, 4.69) is 29.0 Å². The third kappa shape index (κ3) is 3.96. The Morgan fingerprint density at radius 3 is 2.63 bits per heavy atom. The van der Waals surface area contributed by atoms with Crippen LogP contribution in [0.25, 0.3) is 11.0 Å². The Labute approximate surface area is 157 Å². The van der Waals surface area contributed by atoms with Crippen LogP contribution in [0.15, 0.2) is 27.8 Å². The lowest BCUT2D eigenvalue weighted by atomic mass is 10.0. The zero-order valence-electron chi connectivity index (χ0n) is 16.0. The molecular formula is C19H26N4O4. The van der Waals surface area contributed by atoms with Crippen molar-refractivity contribution in [3.05, 3.63) is 44.5 Å². The number of hydrogen-bond acceptors (Lipinski definition) is 5. The quantitative estimate of drug-likeness (QED) is 0.745. The van der Waals surface area contributed by atoms with E-state index in [4.69, 9.17) is 4.74 Å². The van der Waals surface area contributed by atoms with Crippen molar-refractivity contribution in [2.75, 3.05) is 32.8 Å². The Morgan fingerprint density at radius 2 is 1.96 bits per heavy atom. The largest absolute Gasteiger partial charge is 0.379 e. The maximum absolute atomic E-state index is 12.6. The summed E-state index contributed by atoms with van der Waals surface area (Å²) in [5.41, 5.74) is 0.0590. The van der Waals surface area contributed by atoms with Crippen molar-refractivity contribution in [2.24, 2.45) is 0 Å². The molecule has 2 aromatic rings. The SMILES string of the molecule is CCn1c(=O)c(=O)[nH]c2cc(C(=O)NCC(C)(C)N3CCOCC3)ccc21. The summed E-state index contributed by atoms with van der Waals surface area (Å²) in [5, 5.41) is 2.97. The molecule has 8 heteroatoms. The van der Waals surface area contributed by atoms with Crippen LogP contribution in [0, 0.1) is 0 Å². The summed E-state index contributed by atoms with van der Waals surface area (Å²) in [6, 6.07) is 4.97. The lowest BCUT2D eigenvalue weighted by molar-refractivity contribution is -0.00923. The van der Waals surface area contributed by atoms with Gasteiger partial charge in [0.05, 0.1) is 24.2 Å². The zero-order valence-corrected chi connectivity index (χ0v) is 16.0. The molecule has 27 heavy (non-hydrogen) atoms. The van der Waals surface area contributed by atoms with Gasteiger partial charge in [0, 0.05) is 37.3 Å². The van der Waals surface area contributed by atoms with Crippen molar-refractivity contribution in [3.8, 4) is 0 Å². The Kier molecular flexibility index (Phi) is 5.48. The van der Waals surface area contributed by atoms with Crippen molar-refractivity contribution < 1.29 is 9.53 Å². The van der Waals surface area contributed by atoms with Crippen molar-refractivity contribution in [2.45, 2.75) is 32.9 Å². The molecule has 0 radical (unpaired) electrons. The average Bonchev–Trinajstić information content (AvgIpc) is 2.67. The fraction of sp³-hybridized carbons (Fsp3) is 0.526. The molecule has 1 aromatic carbocycles. The molecule has 0 unspecified atom stereocenters. The molecule has 1 fully saturated rings. The van der Waals surface area contributed by atoms with Gasteiger partial charge < -0.3 is 19.6 Å². The van der Waals surface area contributed by atoms with Crippen LogP contribution >= 0.6 is 0 Å². The normalized spacial score (nSPS) is 15.8. The second-order valence-electron chi connectivity index (χ2n) is 7.33. The van der Waals surface area contributed by atoms with E-state index in [1.54, 1.807) is 25.1 Å². The number of ether oxygens (including phenoxy) is 1. The molecule has 1 saturated heterocycles. The molecule has 146 valence electrons. The molecule has 1 aliphatic heterocycles. The highest BCUT2D eigenvalue weighted by atomic mass is 16.5. The first-order chi connectivity index (χ1) is 12.8. The lowest BCUT2D eigenvalue weighted by Crippen LogP contribution is -2.55. The third-order valence-electron chi connectivity index (χ3n) is 5.10. The number of nitrogens with zero attached hydrogens (tertiary/aromatic N) is 2. The third-order valence-corrected chi connectivity index (χ3v) is 5.10. The molecule has 0 spiro atoms. The summed E-state index contributed by atoms with van der Waals surface area (Å²) in [5.74, 6) is -0.215. The second-order valence-corrected chi connectivity index (χ2v) is 7.33. The number of carbonyl (C=O) groups excluding carboxylic acids is 1. The van der Waals surface area contributed by atoms with Gasteiger partial charge in [-0.3, -0.25) is 19.3 Å². The van der Waals surface area contributed by atoms with Crippen LogP contribution in [0.3, 0.4) is 0 Å². The Morgan fingerprint density at radius 1 is 1.26 bits per heavy atom. The van der Waals surface area contributed by atoms with E-state index in [0.29, 0.717) is 42.9 Å². The summed E-state index contributed by atoms with van der Waals surface area (Å²) in [7, 11) is 0. The zero-order chi connectivity index (χ0) is 19.6. The van der Waals surface area contributed by atoms with E-state index in [0.717, 1.165) is 13.1 Å². The van der Waals surface area contributed by atoms with Crippen molar-refractivity contribution in [3.63, 3.8) is 0 Å². The molecule has 2 N–H and O–H groups in total. The van der Waals surface area contributed by atoms with Gasteiger partial charge in [-0.2, -0.15) is 0 Å². The van der Waals surface area contributed by atoms with Crippen molar-refractivity contribution in [1.82, 2.24) is 19.8 Å². The van der Waals surface area contributed by atoms with E-state index < -0.39 is 11.1 Å². The molecule has 0 aliphatic carbocycles. The fourth-order valence-electron chi connectivity index (χ4n) is 3.41. The van der Waals surface area contributed by atoms with E-state index in [-0.39, 0.29) is 11.4 Å². The fourth-order valence-corrected chi connectivity index (χ4v) is 3.41. The minimum absolute atomic E-state index is 0.187. The van der Waals surface area contributed by atoms with Crippen LogP contribution in [0.5, 0.6) is 0 Å². The molecule has 0 atom stereocenters. The molecule has 0 saturated carbocycles. The number of hydrogen-bond donors (Lipinski definition) is 2. The number of carbonyl (C=O) groups is 1. The summed E-state index contributed by atoms with van der Waals surface area (Å²) < 4.78 is 6.79. The van der Waals surface area contributed by atoms with Gasteiger partial charge in [0.1, 0.15) is 0 Å². The molecule has 1 aromatic heterocycles. The number of aromatic amines is 1. The Hall–Kier alpha value is -2.45. The highest BCUT2D eigenvalue weighted by molar-refractivity contribution is 5.97. The highest BCUT2D eigenvalue weighted by Gasteiger charge is 2.28. The maximum Gasteiger partial charge on any atom is 0.316 e. The highest BCUT2D eigenvalue weighted by Crippen LogP contribution is 2.16. The van der Waals surface area contributed by atoms with Gasteiger partial charge in [0.15, 0.2) is 0 Å². The monoisotopic (exact) mass is 374 g/mol. The standard InChI is InChI=1S/C19H26N4O4/c1-4-23-15-6-5-13(11-14(15)21-17(25)18(23)26)16(24)20-12-19(2,3)22-7-9-27-10-8-22/h5-6,11H,4,7-10,12H2,1-3H3,(H,20,24)(H,21,25). The summed E-state index contributed by atoms with van der Waals surface area (Å²) >= 11 is 0. The van der Waals surface area contributed by atoms with Gasteiger partial charge in [-0.05, 0) is 39.0 Å². The average molecular weight is 374 g/mol. The first kappa shape index (κ1) is 19.3. The predicted octanol–water partition coefficient (Wildman–Crippen LogP) is 0.550. The minimum atomic E-state index is -0.685. The van der Waals surface area contributed by atoms with Gasteiger partial charge in [0.25, 0.3) is 5.91 Å². The first-order valence-corrected chi connectivity index (χ1v) is 9.21. The first-order valence-electron chi connectivity index (χ1n) is 9.21. The predicted molar refractivity (Wildman–Crippen MR) is 103 cm³/mol. The van der Waals surface area contributed by atoms with Crippen LogP contribution in [0.4, 0.5) is 0 Å². The van der Waals surface area contributed by atoms with Gasteiger partial charge in [0.2, 0.25) is 0 Å². The summed E-state index contributed by atoms with van der Waals surface area (Å²) in [6.07, 6.45) is 0. The number of fused-ring (bicyclic) bond motifs is 1. The van der Waals surface area contributed by atoms with Crippen LogP contribution in [-0.4, -0.2) is 58.7 Å². The Balaban J connectivity index is 1.78. The van der Waals surface area contributed by atoms with Crippen molar-refractivity contribution >= 4 is 16.9 Å². The summed E-state index contributed by atoms with van der Waals surface area (Å²) in [6.45, 7) is 9.96. The molecule has 3 rings (SSSR count). The minimum Gasteiger partial charge on any atom is -0.379 e. The molecule has 1 aliphatic rings. The smallest absolute Gasteiger partial charge is 0.316 e. The number of H-pyrrole nitrogens is 1. The van der Waals surface area contributed by atoms with E-state index in [1.165, 1.54) is 4.57 Å². The lowest BCUT2D eigenvalue weighted by Gasteiger charge is -2.40. The van der Waals surface area contributed by atoms with Gasteiger partial charge >= 0.3 is 11.1 Å².